The minimum absolute atomic E-state index is 0.0387. The Morgan fingerprint density at radius 2 is 1.62 bits per heavy atom. The quantitative estimate of drug-likeness (QED) is 0.683. The Morgan fingerprint density at radius 3 is 2.19 bits per heavy atom. The van der Waals surface area contributed by atoms with Gasteiger partial charge in [0.2, 0.25) is 11.8 Å². The molecular formula is C19H22ClN3O3. The standard InChI is InChI=1S/C19H22ClN3O3/c1-12(2)19(25)23-14-6-4-13(5-7-14)21-11-18(24)22-15-8-9-17(26-3)16(20)10-15/h4-10,12,21H,11H2,1-3H3,(H,22,24)(H,23,25). The molecule has 0 aliphatic rings. The summed E-state index contributed by atoms with van der Waals surface area (Å²) in [7, 11) is 1.53. The van der Waals surface area contributed by atoms with Crippen molar-refractivity contribution in [1.82, 2.24) is 0 Å². The molecule has 2 amide bonds. The highest BCUT2D eigenvalue weighted by molar-refractivity contribution is 6.32. The molecule has 0 fully saturated rings. The molecule has 26 heavy (non-hydrogen) atoms. The Kier molecular flexibility index (Phi) is 6.86. The summed E-state index contributed by atoms with van der Waals surface area (Å²) in [6.07, 6.45) is 0. The van der Waals surface area contributed by atoms with Crippen LogP contribution in [0.3, 0.4) is 0 Å². The van der Waals surface area contributed by atoms with Gasteiger partial charge in [0.05, 0.1) is 18.7 Å². The molecule has 0 aliphatic carbocycles. The van der Waals surface area contributed by atoms with Crippen molar-refractivity contribution >= 4 is 40.5 Å². The predicted octanol–water partition coefficient (Wildman–Crippen LogP) is 3.99. The average molecular weight is 376 g/mol. The van der Waals surface area contributed by atoms with Gasteiger partial charge in [0.1, 0.15) is 5.75 Å². The van der Waals surface area contributed by atoms with Gasteiger partial charge in [0.25, 0.3) is 0 Å². The van der Waals surface area contributed by atoms with Crippen LogP contribution in [0.2, 0.25) is 5.02 Å². The molecule has 2 rings (SSSR count). The number of carbonyl (C=O) groups is 2. The van der Waals surface area contributed by atoms with Gasteiger partial charge < -0.3 is 20.7 Å². The molecule has 0 saturated carbocycles. The molecule has 0 aromatic heterocycles. The fourth-order valence-electron chi connectivity index (χ4n) is 2.09. The van der Waals surface area contributed by atoms with Crippen LogP contribution in [0.25, 0.3) is 0 Å². The van der Waals surface area contributed by atoms with E-state index in [4.69, 9.17) is 16.3 Å². The van der Waals surface area contributed by atoms with Crippen LogP contribution in [-0.4, -0.2) is 25.5 Å². The molecule has 0 aliphatic heterocycles. The minimum atomic E-state index is -0.205. The number of methoxy groups -OCH3 is 1. The molecule has 0 bridgehead atoms. The molecule has 0 heterocycles. The largest absolute Gasteiger partial charge is 0.495 e. The zero-order valence-corrected chi connectivity index (χ0v) is 15.7. The first-order valence-electron chi connectivity index (χ1n) is 8.17. The third-order valence-corrected chi connectivity index (χ3v) is 3.86. The van der Waals surface area contributed by atoms with E-state index in [1.165, 1.54) is 7.11 Å². The second-order valence-electron chi connectivity index (χ2n) is 5.97. The van der Waals surface area contributed by atoms with Crippen LogP contribution in [0, 0.1) is 5.92 Å². The molecule has 7 heteroatoms. The van der Waals surface area contributed by atoms with Gasteiger partial charge in [0, 0.05) is 23.0 Å². The van der Waals surface area contributed by atoms with Gasteiger partial charge in [-0.2, -0.15) is 0 Å². The molecule has 3 N–H and O–H groups in total. The highest BCUT2D eigenvalue weighted by Crippen LogP contribution is 2.27. The van der Waals surface area contributed by atoms with E-state index in [-0.39, 0.29) is 24.3 Å². The lowest BCUT2D eigenvalue weighted by Crippen LogP contribution is -2.21. The van der Waals surface area contributed by atoms with E-state index in [9.17, 15) is 9.59 Å². The van der Waals surface area contributed by atoms with Crippen LogP contribution in [0.5, 0.6) is 5.75 Å². The predicted molar refractivity (Wildman–Crippen MR) is 105 cm³/mol. The highest BCUT2D eigenvalue weighted by atomic mass is 35.5. The first-order valence-corrected chi connectivity index (χ1v) is 8.55. The van der Waals surface area contributed by atoms with E-state index >= 15 is 0 Å². The smallest absolute Gasteiger partial charge is 0.243 e. The van der Waals surface area contributed by atoms with Gasteiger partial charge in [-0.15, -0.1) is 0 Å². The van der Waals surface area contributed by atoms with Crippen molar-refractivity contribution in [3.05, 3.63) is 47.5 Å². The van der Waals surface area contributed by atoms with Crippen molar-refractivity contribution in [2.45, 2.75) is 13.8 Å². The number of amides is 2. The summed E-state index contributed by atoms with van der Waals surface area (Å²) >= 11 is 6.03. The van der Waals surface area contributed by atoms with Gasteiger partial charge in [-0.25, -0.2) is 0 Å². The lowest BCUT2D eigenvalue weighted by Gasteiger charge is -2.11. The summed E-state index contributed by atoms with van der Waals surface area (Å²) in [4.78, 5) is 23.7. The number of halogens is 1. The van der Waals surface area contributed by atoms with E-state index < -0.39 is 0 Å². The molecule has 138 valence electrons. The SMILES string of the molecule is COc1ccc(NC(=O)CNc2ccc(NC(=O)C(C)C)cc2)cc1Cl. The number of ether oxygens (including phenoxy) is 1. The van der Waals surface area contributed by atoms with Crippen molar-refractivity contribution in [3.8, 4) is 5.75 Å². The number of benzene rings is 2. The van der Waals surface area contributed by atoms with E-state index in [2.05, 4.69) is 16.0 Å². The second kappa shape index (κ2) is 9.10. The topological polar surface area (TPSA) is 79.5 Å². The van der Waals surface area contributed by atoms with E-state index in [1.807, 2.05) is 13.8 Å². The highest BCUT2D eigenvalue weighted by Gasteiger charge is 2.08. The van der Waals surface area contributed by atoms with Gasteiger partial charge in [-0.05, 0) is 42.5 Å². The number of rotatable bonds is 7. The minimum Gasteiger partial charge on any atom is -0.495 e. The van der Waals surface area contributed by atoms with E-state index in [1.54, 1.807) is 42.5 Å². The van der Waals surface area contributed by atoms with Crippen molar-refractivity contribution in [3.63, 3.8) is 0 Å². The Hall–Kier alpha value is -2.73. The van der Waals surface area contributed by atoms with Crippen LogP contribution in [-0.2, 0) is 9.59 Å². The first-order chi connectivity index (χ1) is 12.4. The molecule has 2 aromatic rings. The molecule has 0 unspecified atom stereocenters. The van der Waals surface area contributed by atoms with E-state index in [0.717, 1.165) is 5.69 Å². The Balaban J connectivity index is 1.85. The summed E-state index contributed by atoms with van der Waals surface area (Å²) < 4.78 is 5.07. The third-order valence-electron chi connectivity index (χ3n) is 3.57. The van der Waals surface area contributed by atoms with Crippen LogP contribution in [0.4, 0.5) is 17.1 Å². The molecule has 0 atom stereocenters. The summed E-state index contributed by atoms with van der Waals surface area (Å²) in [5, 5.41) is 9.02. The number of hydrogen-bond donors (Lipinski definition) is 3. The molecule has 0 spiro atoms. The molecule has 6 nitrogen and oxygen atoms in total. The molecule has 0 radical (unpaired) electrons. The maximum atomic E-state index is 12.0. The maximum Gasteiger partial charge on any atom is 0.243 e. The molecule has 0 saturated heterocycles. The Morgan fingerprint density at radius 1 is 1.00 bits per heavy atom. The summed E-state index contributed by atoms with van der Waals surface area (Å²) in [6.45, 7) is 3.76. The third kappa shape index (κ3) is 5.67. The lowest BCUT2D eigenvalue weighted by atomic mass is 10.2. The van der Waals surface area contributed by atoms with Gasteiger partial charge >= 0.3 is 0 Å². The Labute approximate surface area is 157 Å². The van der Waals surface area contributed by atoms with Gasteiger partial charge in [-0.1, -0.05) is 25.4 Å². The van der Waals surface area contributed by atoms with E-state index in [0.29, 0.717) is 22.1 Å². The van der Waals surface area contributed by atoms with Crippen LogP contribution >= 0.6 is 11.6 Å². The van der Waals surface area contributed by atoms with Gasteiger partial charge in [-0.3, -0.25) is 9.59 Å². The average Bonchev–Trinajstić information content (AvgIpc) is 2.61. The molecular weight excluding hydrogens is 354 g/mol. The van der Waals surface area contributed by atoms with Crippen molar-refractivity contribution < 1.29 is 14.3 Å². The monoisotopic (exact) mass is 375 g/mol. The maximum absolute atomic E-state index is 12.0. The van der Waals surface area contributed by atoms with Crippen LogP contribution in [0.1, 0.15) is 13.8 Å². The fourth-order valence-corrected chi connectivity index (χ4v) is 2.35. The summed E-state index contributed by atoms with van der Waals surface area (Å²) in [5.41, 5.74) is 2.08. The van der Waals surface area contributed by atoms with Crippen LogP contribution < -0.4 is 20.7 Å². The molecule has 2 aromatic carbocycles. The fraction of sp³-hybridized carbons (Fsp3) is 0.263. The van der Waals surface area contributed by atoms with Crippen molar-refractivity contribution in [1.29, 1.82) is 0 Å². The number of anilines is 3. The summed E-state index contributed by atoms with van der Waals surface area (Å²) in [6, 6.07) is 12.2. The number of hydrogen-bond acceptors (Lipinski definition) is 4. The zero-order chi connectivity index (χ0) is 19.1. The summed E-state index contributed by atoms with van der Waals surface area (Å²) in [5.74, 6) is 0.224. The van der Waals surface area contributed by atoms with Crippen molar-refractivity contribution in [2.75, 3.05) is 29.6 Å². The first kappa shape index (κ1) is 19.6. The second-order valence-corrected chi connectivity index (χ2v) is 6.38. The van der Waals surface area contributed by atoms with Crippen molar-refractivity contribution in [2.24, 2.45) is 5.92 Å². The zero-order valence-electron chi connectivity index (χ0n) is 14.9. The normalized spacial score (nSPS) is 10.3. The lowest BCUT2D eigenvalue weighted by molar-refractivity contribution is -0.119. The number of nitrogens with one attached hydrogen (secondary N) is 3. The van der Waals surface area contributed by atoms with Gasteiger partial charge in [0.15, 0.2) is 0 Å². The number of carbonyl (C=O) groups excluding carboxylic acids is 2. The Bertz CT molecular complexity index is 776. The van der Waals surface area contributed by atoms with Crippen LogP contribution in [0.15, 0.2) is 42.5 Å².